The SMILES string of the molecule is CCCNCC(OCCC(C)(C)C)c1ccc(Cl)cc1. The molecule has 1 aromatic carbocycles. The first-order valence-electron chi connectivity index (χ1n) is 7.50. The Kier molecular flexibility index (Phi) is 7.57. The Morgan fingerprint density at radius 2 is 1.85 bits per heavy atom. The summed E-state index contributed by atoms with van der Waals surface area (Å²) >= 11 is 5.95. The highest BCUT2D eigenvalue weighted by Crippen LogP contribution is 2.23. The van der Waals surface area contributed by atoms with Crippen molar-refractivity contribution in [3.8, 4) is 0 Å². The van der Waals surface area contributed by atoms with Gasteiger partial charge < -0.3 is 10.1 Å². The van der Waals surface area contributed by atoms with Crippen LogP contribution in [0.5, 0.6) is 0 Å². The Bertz CT molecular complexity index is 370. The zero-order valence-corrected chi connectivity index (χ0v) is 14.0. The van der Waals surface area contributed by atoms with Crippen LogP contribution in [0.15, 0.2) is 24.3 Å². The van der Waals surface area contributed by atoms with Crippen molar-refractivity contribution in [2.24, 2.45) is 5.41 Å². The summed E-state index contributed by atoms with van der Waals surface area (Å²) in [7, 11) is 0. The lowest BCUT2D eigenvalue weighted by atomic mass is 9.93. The highest BCUT2D eigenvalue weighted by molar-refractivity contribution is 6.30. The molecule has 0 aliphatic heterocycles. The third-order valence-corrected chi connectivity index (χ3v) is 3.42. The molecule has 0 spiro atoms. The molecule has 2 nitrogen and oxygen atoms in total. The lowest BCUT2D eigenvalue weighted by molar-refractivity contribution is 0.0371. The maximum absolute atomic E-state index is 6.09. The van der Waals surface area contributed by atoms with Gasteiger partial charge in [-0.2, -0.15) is 0 Å². The van der Waals surface area contributed by atoms with Gasteiger partial charge in [0, 0.05) is 18.2 Å². The predicted molar refractivity (Wildman–Crippen MR) is 87.4 cm³/mol. The van der Waals surface area contributed by atoms with E-state index in [0.717, 1.165) is 37.6 Å². The minimum atomic E-state index is 0.0983. The summed E-state index contributed by atoms with van der Waals surface area (Å²) < 4.78 is 6.09. The predicted octanol–water partition coefficient (Wildman–Crippen LogP) is 4.83. The van der Waals surface area contributed by atoms with E-state index in [1.807, 2.05) is 12.1 Å². The first kappa shape index (κ1) is 17.5. The van der Waals surface area contributed by atoms with Gasteiger partial charge in [-0.05, 0) is 42.5 Å². The molecule has 3 heteroatoms. The summed E-state index contributed by atoms with van der Waals surface area (Å²) in [5.41, 5.74) is 1.49. The van der Waals surface area contributed by atoms with Gasteiger partial charge in [-0.25, -0.2) is 0 Å². The third kappa shape index (κ3) is 7.28. The molecule has 0 aromatic heterocycles. The maximum Gasteiger partial charge on any atom is 0.0949 e. The van der Waals surface area contributed by atoms with Gasteiger partial charge in [-0.1, -0.05) is 51.4 Å². The molecule has 0 amide bonds. The van der Waals surface area contributed by atoms with Gasteiger partial charge in [0.15, 0.2) is 0 Å². The van der Waals surface area contributed by atoms with E-state index in [2.05, 4.69) is 45.1 Å². The van der Waals surface area contributed by atoms with Gasteiger partial charge in [-0.15, -0.1) is 0 Å². The molecule has 20 heavy (non-hydrogen) atoms. The summed E-state index contributed by atoms with van der Waals surface area (Å²) in [4.78, 5) is 0. The molecule has 0 saturated carbocycles. The normalized spacial score (nSPS) is 13.4. The first-order chi connectivity index (χ1) is 9.42. The molecule has 1 atom stereocenters. The van der Waals surface area contributed by atoms with Gasteiger partial charge >= 0.3 is 0 Å². The number of nitrogens with one attached hydrogen (secondary N) is 1. The quantitative estimate of drug-likeness (QED) is 0.694. The van der Waals surface area contributed by atoms with E-state index in [4.69, 9.17) is 16.3 Å². The fourth-order valence-corrected chi connectivity index (χ4v) is 1.99. The fourth-order valence-electron chi connectivity index (χ4n) is 1.87. The van der Waals surface area contributed by atoms with E-state index in [0.29, 0.717) is 5.41 Å². The van der Waals surface area contributed by atoms with E-state index < -0.39 is 0 Å². The van der Waals surface area contributed by atoms with Crippen molar-refractivity contribution in [2.45, 2.75) is 46.6 Å². The Morgan fingerprint density at radius 3 is 2.40 bits per heavy atom. The lowest BCUT2D eigenvalue weighted by Crippen LogP contribution is -2.25. The Labute approximate surface area is 128 Å². The molecule has 0 saturated heterocycles. The van der Waals surface area contributed by atoms with E-state index in [1.54, 1.807) is 0 Å². The van der Waals surface area contributed by atoms with Crippen molar-refractivity contribution in [3.05, 3.63) is 34.9 Å². The average Bonchev–Trinajstić information content (AvgIpc) is 2.37. The summed E-state index contributed by atoms with van der Waals surface area (Å²) in [5, 5.41) is 4.21. The van der Waals surface area contributed by atoms with Crippen molar-refractivity contribution < 1.29 is 4.74 Å². The summed E-state index contributed by atoms with van der Waals surface area (Å²) in [6.07, 6.45) is 2.29. The van der Waals surface area contributed by atoms with Crippen molar-refractivity contribution in [1.29, 1.82) is 0 Å². The summed E-state index contributed by atoms with van der Waals surface area (Å²) in [6.45, 7) is 11.5. The standard InChI is InChI=1S/C17H28ClNO/c1-5-11-19-13-16(20-12-10-17(2,3)4)14-6-8-15(18)9-7-14/h6-9,16,19H,5,10-13H2,1-4H3. The number of benzene rings is 1. The highest BCUT2D eigenvalue weighted by Gasteiger charge is 2.15. The molecule has 1 aromatic rings. The van der Waals surface area contributed by atoms with Crippen molar-refractivity contribution in [1.82, 2.24) is 5.32 Å². The van der Waals surface area contributed by atoms with Crippen molar-refractivity contribution >= 4 is 11.6 Å². The second kappa shape index (κ2) is 8.66. The molecule has 0 heterocycles. The maximum atomic E-state index is 6.09. The zero-order valence-electron chi connectivity index (χ0n) is 13.2. The molecular formula is C17H28ClNO. The molecule has 0 fully saturated rings. The van der Waals surface area contributed by atoms with Crippen LogP contribution >= 0.6 is 11.6 Å². The van der Waals surface area contributed by atoms with Gasteiger partial charge in [0.1, 0.15) is 0 Å². The summed E-state index contributed by atoms with van der Waals surface area (Å²) in [6, 6.07) is 7.96. The van der Waals surface area contributed by atoms with Gasteiger partial charge in [-0.3, -0.25) is 0 Å². The minimum absolute atomic E-state index is 0.0983. The minimum Gasteiger partial charge on any atom is -0.372 e. The molecule has 114 valence electrons. The number of hydrogen-bond donors (Lipinski definition) is 1. The number of hydrogen-bond acceptors (Lipinski definition) is 2. The van der Waals surface area contributed by atoms with Crippen LogP contribution in [-0.4, -0.2) is 19.7 Å². The molecule has 1 N–H and O–H groups in total. The first-order valence-corrected chi connectivity index (χ1v) is 7.88. The second-order valence-corrected chi connectivity index (χ2v) is 6.86. The Morgan fingerprint density at radius 1 is 1.20 bits per heavy atom. The second-order valence-electron chi connectivity index (χ2n) is 6.43. The van der Waals surface area contributed by atoms with Crippen LogP contribution in [-0.2, 0) is 4.74 Å². The van der Waals surface area contributed by atoms with Crippen LogP contribution in [0.3, 0.4) is 0 Å². The number of halogens is 1. The third-order valence-electron chi connectivity index (χ3n) is 3.17. The molecular weight excluding hydrogens is 270 g/mol. The van der Waals surface area contributed by atoms with E-state index >= 15 is 0 Å². The van der Waals surface area contributed by atoms with Gasteiger partial charge in [0.05, 0.1) is 6.10 Å². The molecule has 0 aliphatic carbocycles. The number of rotatable bonds is 8. The van der Waals surface area contributed by atoms with Gasteiger partial charge in [0.2, 0.25) is 0 Å². The lowest BCUT2D eigenvalue weighted by Gasteiger charge is -2.23. The molecule has 1 rings (SSSR count). The molecule has 0 radical (unpaired) electrons. The van der Waals surface area contributed by atoms with Crippen LogP contribution < -0.4 is 5.32 Å². The smallest absolute Gasteiger partial charge is 0.0949 e. The van der Waals surface area contributed by atoms with E-state index in [-0.39, 0.29) is 6.10 Å². The zero-order chi connectivity index (χ0) is 15.0. The van der Waals surface area contributed by atoms with Gasteiger partial charge in [0.25, 0.3) is 0 Å². The number of ether oxygens (including phenoxy) is 1. The van der Waals surface area contributed by atoms with Crippen molar-refractivity contribution in [3.63, 3.8) is 0 Å². The monoisotopic (exact) mass is 297 g/mol. The topological polar surface area (TPSA) is 21.3 Å². The summed E-state index contributed by atoms with van der Waals surface area (Å²) in [5.74, 6) is 0. The van der Waals surface area contributed by atoms with E-state index in [1.165, 1.54) is 5.56 Å². The molecule has 0 bridgehead atoms. The van der Waals surface area contributed by atoms with Crippen LogP contribution in [0.4, 0.5) is 0 Å². The van der Waals surface area contributed by atoms with Crippen LogP contribution in [0.1, 0.15) is 52.2 Å². The van der Waals surface area contributed by atoms with Crippen LogP contribution in [0.2, 0.25) is 5.02 Å². The largest absolute Gasteiger partial charge is 0.372 e. The fraction of sp³-hybridized carbons (Fsp3) is 0.647. The van der Waals surface area contributed by atoms with Crippen molar-refractivity contribution in [2.75, 3.05) is 19.7 Å². The van der Waals surface area contributed by atoms with E-state index in [9.17, 15) is 0 Å². The van der Waals surface area contributed by atoms with Crippen LogP contribution in [0.25, 0.3) is 0 Å². The molecule has 0 aliphatic rings. The van der Waals surface area contributed by atoms with Crippen LogP contribution in [0, 0.1) is 5.41 Å². The highest BCUT2D eigenvalue weighted by atomic mass is 35.5. The average molecular weight is 298 g/mol. The Balaban J connectivity index is 2.57. The molecule has 1 unspecified atom stereocenters. The Hall–Kier alpha value is -0.570.